The van der Waals surface area contributed by atoms with Gasteiger partial charge in [-0.2, -0.15) is 0 Å². The van der Waals surface area contributed by atoms with Crippen LogP contribution < -0.4 is 56.7 Å². The van der Waals surface area contributed by atoms with Gasteiger partial charge in [-0.25, -0.2) is 4.39 Å². The van der Waals surface area contributed by atoms with Gasteiger partial charge in [-0.05, 0) is 66.6 Å². The second-order valence-electron chi connectivity index (χ2n) is 9.05. The van der Waals surface area contributed by atoms with Crippen LogP contribution in [0, 0.1) is 12.7 Å². The second kappa shape index (κ2) is 13.1. The summed E-state index contributed by atoms with van der Waals surface area (Å²) >= 11 is 0. The molecule has 7 heteroatoms. The molecule has 0 aliphatic heterocycles. The van der Waals surface area contributed by atoms with Crippen molar-refractivity contribution in [3.63, 3.8) is 0 Å². The molecule has 0 radical (unpaired) electrons. The quantitative estimate of drug-likeness (QED) is 0.275. The van der Waals surface area contributed by atoms with Crippen LogP contribution in [0.25, 0.3) is 28.3 Å². The van der Waals surface area contributed by atoms with Crippen LogP contribution in [0.5, 0.6) is 0 Å². The molecule has 0 saturated heterocycles. The van der Waals surface area contributed by atoms with E-state index in [0.29, 0.717) is 18.5 Å². The van der Waals surface area contributed by atoms with Gasteiger partial charge in [0.1, 0.15) is 5.82 Å². The SMILES string of the molecule is [CH2-]C(C)(CC)c1cc(CCNC(=O)c2ccc3[nH]ccc3c2)nc(-c2ccc(F)cc2)c1CC.[K+].[NH2-]. The molecular formula is C29H33FKN4O-. The molecule has 5 nitrogen and oxygen atoms in total. The Labute approximate surface area is 255 Å². The van der Waals surface area contributed by atoms with Crippen molar-refractivity contribution in [1.82, 2.24) is 15.3 Å². The number of fused-ring (bicyclic) bond motifs is 1. The fraction of sp³-hybridized carbons (Fsp3) is 0.276. The first-order valence-electron chi connectivity index (χ1n) is 11.8. The van der Waals surface area contributed by atoms with E-state index in [1.807, 2.05) is 30.5 Å². The predicted octanol–water partition coefficient (Wildman–Crippen LogP) is 4.13. The van der Waals surface area contributed by atoms with Crippen LogP contribution in [0.4, 0.5) is 4.39 Å². The summed E-state index contributed by atoms with van der Waals surface area (Å²) in [5.74, 6) is -0.378. The summed E-state index contributed by atoms with van der Waals surface area (Å²) in [7, 11) is 0. The molecule has 0 aliphatic carbocycles. The average Bonchev–Trinajstić information content (AvgIpc) is 3.32. The fourth-order valence-corrected chi connectivity index (χ4v) is 4.29. The van der Waals surface area contributed by atoms with Crippen LogP contribution in [0.15, 0.2) is 60.8 Å². The van der Waals surface area contributed by atoms with Crippen LogP contribution in [0.3, 0.4) is 0 Å². The molecule has 0 bridgehead atoms. The smallest absolute Gasteiger partial charge is 0.693 e. The minimum atomic E-state index is -0.271. The number of carbonyl (C=O) groups excluding carboxylic acids is 1. The summed E-state index contributed by atoms with van der Waals surface area (Å²) in [5, 5.41) is 4.02. The van der Waals surface area contributed by atoms with Crippen molar-refractivity contribution in [2.24, 2.45) is 0 Å². The van der Waals surface area contributed by atoms with E-state index in [4.69, 9.17) is 4.98 Å². The van der Waals surface area contributed by atoms with E-state index < -0.39 is 0 Å². The monoisotopic (exact) mass is 511 g/mol. The number of hydrogen-bond acceptors (Lipinski definition) is 2. The van der Waals surface area contributed by atoms with E-state index in [9.17, 15) is 9.18 Å². The Kier molecular flexibility index (Phi) is 11.0. The number of hydrogen-bond donors (Lipinski definition) is 2. The molecule has 2 aromatic heterocycles. The van der Waals surface area contributed by atoms with Gasteiger partial charge in [0.25, 0.3) is 5.91 Å². The molecule has 4 N–H and O–H groups in total. The minimum absolute atomic E-state index is 0. The molecule has 2 heterocycles. The molecule has 4 rings (SSSR count). The maximum atomic E-state index is 13.6. The molecule has 0 aliphatic rings. The second-order valence-corrected chi connectivity index (χ2v) is 9.05. The number of nitrogens with one attached hydrogen (secondary N) is 2. The number of nitrogens with two attached hydrogens (primary N) is 1. The minimum Gasteiger partial charge on any atom is -0.693 e. The van der Waals surface area contributed by atoms with E-state index in [-0.39, 0.29) is 74.7 Å². The van der Waals surface area contributed by atoms with Gasteiger partial charge in [0, 0.05) is 46.9 Å². The van der Waals surface area contributed by atoms with Crippen molar-refractivity contribution in [3.05, 3.63) is 102 Å². The summed E-state index contributed by atoms with van der Waals surface area (Å²) in [6, 6.07) is 16.2. The number of aromatic nitrogens is 2. The summed E-state index contributed by atoms with van der Waals surface area (Å²) in [6.45, 7) is 11.3. The number of benzene rings is 2. The van der Waals surface area contributed by atoms with Gasteiger partial charge in [-0.15, -0.1) is 5.41 Å². The normalized spacial score (nSPS) is 12.4. The molecule has 1 atom stereocenters. The first-order valence-corrected chi connectivity index (χ1v) is 11.8. The van der Waals surface area contributed by atoms with Gasteiger partial charge < -0.3 is 23.4 Å². The number of pyridine rings is 1. The Balaban J connectivity index is 0.00000228. The van der Waals surface area contributed by atoms with Crippen molar-refractivity contribution in [1.29, 1.82) is 0 Å². The van der Waals surface area contributed by atoms with Gasteiger partial charge in [0.15, 0.2) is 0 Å². The van der Waals surface area contributed by atoms with Crippen LogP contribution in [-0.4, -0.2) is 22.4 Å². The van der Waals surface area contributed by atoms with E-state index in [1.54, 1.807) is 12.1 Å². The molecule has 2 aromatic carbocycles. The zero-order valence-corrected chi connectivity index (χ0v) is 24.7. The molecule has 1 unspecified atom stereocenters. The Hall–Kier alpha value is -1.87. The predicted molar refractivity (Wildman–Crippen MR) is 142 cm³/mol. The fourth-order valence-electron chi connectivity index (χ4n) is 4.29. The first kappa shape index (κ1) is 30.4. The Morgan fingerprint density at radius 3 is 2.50 bits per heavy atom. The Bertz CT molecular complexity index is 1310. The number of nitrogens with zero attached hydrogens (tertiary/aromatic N) is 1. The standard InChI is InChI=1S/C29H31FN3O.K.H2N/c1-5-24-25(29(3,4)6-2)18-23(33-27(24)19-7-10-22(30)11-8-19)14-16-32-28(34)21-9-12-26-20(17-21)13-15-31-26;;/h7-13,15,17-18,31H,3,5-6,14,16H2,1-2,4H3,(H,32,34);;1H2/q-1;+1;-1. The number of amides is 1. The first-order chi connectivity index (χ1) is 16.3. The van der Waals surface area contributed by atoms with E-state index in [2.05, 4.69) is 44.1 Å². The van der Waals surface area contributed by atoms with E-state index >= 15 is 0 Å². The maximum absolute atomic E-state index is 13.6. The number of H-pyrrole nitrogens is 1. The molecule has 4 aromatic rings. The molecule has 0 spiro atoms. The Morgan fingerprint density at radius 1 is 1.11 bits per heavy atom. The van der Waals surface area contributed by atoms with E-state index in [1.165, 1.54) is 12.1 Å². The van der Waals surface area contributed by atoms with Crippen LogP contribution in [0.1, 0.15) is 54.4 Å². The average molecular weight is 512 g/mol. The van der Waals surface area contributed by atoms with Gasteiger partial charge >= 0.3 is 51.4 Å². The third-order valence-corrected chi connectivity index (χ3v) is 6.56. The molecule has 36 heavy (non-hydrogen) atoms. The van der Waals surface area contributed by atoms with Crippen molar-refractivity contribution in [3.8, 4) is 11.3 Å². The number of rotatable bonds is 8. The van der Waals surface area contributed by atoms with Crippen molar-refractivity contribution in [2.75, 3.05) is 6.54 Å². The third-order valence-electron chi connectivity index (χ3n) is 6.56. The maximum Gasteiger partial charge on any atom is 1.00 e. The number of halogens is 1. The largest absolute Gasteiger partial charge is 1.00 e. The van der Waals surface area contributed by atoms with Crippen molar-refractivity contribution in [2.45, 2.75) is 45.4 Å². The topological polar surface area (TPSA) is 91.3 Å². The number of aromatic amines is 1. The van der Waals surface area contributed by atoms with Crippen LogP contribution in [-0.2, 0) is 18.3 Å². The van der Waals surface area contributed by atoms with E-state index in [0.717, 1.165) is 51.8 Å². The number of carbonyl (C=O) groups is 1. The molecule has 1 amide bonds. The van der Waals surface area contributed by atoms with Gasteiger partial charge in [-0.3, -0.25) is 9.78 Å². The van der Waals surface area contributed by atoms with Crippen LogP contribution >= 0.6 is 0 Å². The Morgan fingerprint density at radius 2 is 1.83 bits per heavy atom. The third kappa shape index (κ3) is 6.71. The van der Waals surface area contributed by atoms with Gasteiger partial charge in [0.05, 0.1) is 5.69 Å². The summed E-state index contributed by atoms with van der Waals surface area (Å²) in [4.78, 5) is 20.8. The molecule has 0 saturated carbocycles. The van der Waals surface area contributed by atoms with Gasteiger partial charge in [0.2, 0.25) is 0 Å². The van der Waals surface area contributed by atoms with Crippen LogP contribution in [0.2, 0.25) is 0 Å². The zero-order valence-electron chi connectivity index (χ0n) is 21.6. The van der Waals surface area contributed by atoms with Crippen molar-refractivity contribution >= 4 is 16.8 Å². The molecule has 184 valence electrons. The van der Waals surface area contributed by atoms with Gasteiger partial charge in [-0.1, -0.05) is 32.8 Å². The van der Waals surface area contributed by atoms with Crippen molar-refractivity contribution < 1.29 is 60.6 Å². The summed E-state index contributed by atoms with van der Waals surface area (Å²) in [5.41, 5.74) is 6.29. The molecule has 0 fully saturated rings. The zero-order chi connectivity index (χ0) is 24.3. The molecular weight excluding hydrogens is 478 g/mol. The summed E-state index contributed by atoms with van der Waals surface area (Å²) in [6.07, 6.45) is 4.13. The summed E-state index contributed by atoms with van der Waals surface area (Å²) < 4.78 is 13.6.